The first kappa shape index (κ1) is 16.0. The quantitative estimate of drug-likeness (QED) is 0.775. The Labute approximate surface area is 122 Å². The minimum absolute atomic E-state index is 0.000129. The molecule has 1 aromatic carbocycles. The van der Waals surface area contributed by atoms with Crippen molar-refractivity contribution >= 4 is 23.5 Å². The largest absolute Gasteiger partial charge is 0.417 e. The van der Waals surface area contributed by atoms with Crippen LogP contribution in [0, 0.1) is 0 Å². The van der Waals surface area contributed by atoms with E-state index in [-0.39, 0.29) is 10.6 Å². The van der Waals surface area contributed by atoms with E-state index in [1.807, 2.05) is 0 Å². The number of benzene rings is 1. The molecule has 0 radical (unpaired) electrons. The topological polar surface area (TPSA) is 60.7 Å². The Morgan fingerprint density at radius 3 is 2.40 bits per heavy atom. The highest BCUT2D eigenvalue weighted by molar-refractivity contribution is 8.17. The van der Waals surface area contributed by atoms with Crippen LogP contribution in [0.2, 0.25) is 0 Å². The predicted octanol–water partition coefficient (Wildman–Crippen LogP) is 1.95. The van der Waals surface area contributed by atoms with Gasteiger partial charge in [0.2, 0.25) is 0 Å². The lowest BCUT2D eigenvalue weighted by Gasteiger charge is -2.34. The Kier molecular flexibility index (Phi) is 4.91. The van der Waals surface area contributed by atoms with Gasteiger partial charge < -0.3 is 15.3 Å². The molecule has 1 aliphatic rings. The van der Waals surface area contributed by atoms with Crippen LogP contribution in [0.3, 0.4) is 0 Å². The Morgan fingerprint density at radius 1 is 1.10 bits per heavy atom. The van der Waals surface area contributed by atoms with Gasteiger partial charge in [0.1, 0.15) is 12.2 Å². The number of hydrogen-bond donors (Lipinski definition) is 3. The minimum Gasteiger partial charge on any atom is -0.389 e. The molecule has 0 aromatic heterocycles. The zero-order chi connectivity index (χ0) is 14.9. The molecule has 0 bridgehead atoms. The first-order valence-corrected chi connectivity index (χ1v) is 7.72. The van der Waals surface area contributed by atoms with E-state index in [1.165, 1.54) is 18.2 Å². The third kappa shape index (κ3) is 3.43. The third-order valence-corrected chi connectivity index (χ3v) is 5.85. The van der Waals surface area contributed by atoms with Gasteiger partial charge in [0.05, 0.1) is 16.2 Å². The van der Waals surface area contributed by atoms with Crippen LogP contribution >= 0.6 is 23.5 Å². The molecule has 0 aliphatic carbocycles. The Bertz CT molecular complexity index is 470. The van der Waals surface area contributed by atoms with Crippen molar-refractivity contribution in [3.8, 4) is 0 Å². The number of alkyl halides is 3. The molecule has 0 spiro atoms. The summed E-state index contributed by atoms with van der Waals surface area (Å²) < 4.78 is 37.9. The zero-order valence-electron chi connectivity index (χ0n) is 10.1. The van der Waals surface area contributed by atoms with Gasteiger partial charge in [-0.05, 0) is 12.1 Å². The molecule has 8 heteroatoms. The number of rotatable bonds is 2. The first-order chi connectivity index (χ1) is 9.30. The molecule has 4 atom stereocenters. The fourth-order valence-electron chi connectivity index (χ4n) is 1.81. The van der Waals surface area contributed by atoms with Gasteiger partial charge in [-0.1, -0.05) is 12.1 Å². The SMILES string of the molecule is O[C@@H]1[C@@H](O)[C@H](Sc2ccccc2C(F)(F)F)SC[C@H]1O. The first-order valence-electron chi connectivity index (χ1n) is 5.79. The average Bonchev–Trinajstić information content (AvgIpc) is 2.39. The second-order valence-corrected chi connectivity index (χ2v) is 7.02. The van der Waals surface area contributed by atoms with E-state index in [4.69, 9.17) is 0 Å². The highest BCUT2D eigenvalue weighted by atomic mass is 32.2. The van der Waals surface area contributed by atoms with Gasteiger partial charge in [0.15, 0.2) is 0 Å². The molecule has 20 heavy (non-hydrogen) atoms. The van der Waals surface area contributed by atoms with Gasteiger partial charge in [0, 0.05) is 10.6 Å². The average molecular weight is 326 g/mol. The number of thioether (sulfide) groups is 2. The summed E-state index contributed by atoms with van der Waals surface area (Å²) in [6.45, 7) is 0. The van der Waals surface area contributed by atoms with Crippen molar-refractivity contribution in [2.45, 2.75) is 34.0 Å². The van der Waals surface area contributed by atoms with Crippen LogP contribution < -0.4 is 0 Å². The summed E-state index contributed by atoms with van der Waals surface area (Å²) >= 11 is 1.99. The summed E-state index contributed by atoms with van der Waals surface area (Å²) in [4.78, 5) is 0.000129. The summed E-state index contributed by atoms with van der Waals surface area (Å²) in [5.41, 5.74) is -0.765. The molecule has 3 N–H and O–H groups in total. The Morgan fingerprint density at radius 2 is 1.75 bits per heavy atom. The van der Waals surface area contributed by atoms with Gasteiger partial charge in [-0.2, -0.15) is 13.2 Å². The van der Waals surface area contributed by atoms with E-state index in [1.54, 1.807) is 0 Å². The molecule has 0 saturated carbocycles. The van der Waals surface area contributed by atoms with E-state index in [0.29, 0.717) is 0 Å². The maximum Gasteiger partial charge on any atom is 0.417 e. The highest BCUT2D eigenvalue weighted by Crippen LogP contribution is 2.43. The van der Waals surface area contributed by atoms with E-state index < -0.39 is 34.6 Å². The molecule has 112 valence electrons. The number of aliphatic hydroxyl groups excluding tert-OH is 3. The van der Waals surface area contributed by atoms with Crippen molar-refractivity contribution in [3.63, 3.8) is 0 Å². The zero-order valence-corrected chi connectivity index (χ0v) is 11.8. The lowest BCUT2D eigenvalue weighted by atomic mass is 10.1. The van der Waals surface area contributed by atoms with Gasteiger partial charge in [-0.3, -0.25) is 0 Å². The molecule has 1 heterocycles. The molecule has 0 unspecified atom stereocenters. The summed E-state index contributed by atoms with van der Waals surface area (Å²) in [6.07, 6.45) is -8.15. The van der Waals surface area contributed by atoms with Crippen LogP contribution in [-0.4, -0.2) is 44.0 Å². The van der Waals surface area contributed by atoms with Crippen molar-refractivity contribution in [1.82, 2.24) is 0 Å². The van der Waals surface area contributed by atoms with Crippen LogP contribution in [0.15, 0.2) is 29.2 Å². The second kappa shape index (κ2) is 6.15. The van der Waals surface area contributed by atoms with Crippen molar-refractivity contribution in [2.75, 3.05) is 5.75 Å². The Hall–Kier alpha value is -0.410. The van der Waals surface area contributed by atoms with Crippen LogP contribution in [0.25, 0.3) is 0 Å². The maximum absolute atomic E-state index is 12.9. The molecule has 3 nitrogen and oxygen atoms in total. The Balaban J connectivity index is 2.19. The standard InChI is InChI=1S/C12H13F3O3S2/c13-12(14,15)6-3-1-2-4-8(6)20-11-10(18)9(17)7(16)5-19-11/h1-4,7,9-11,16-18H,5H2/t7-,9+,10-,11+/m1/s1. The van der Waals surface area contributed by atoms with Crippen molar-refractivity contribution in [2.24, 2.45) is 0 Å². The van der Waals surface area contributed by atoms with Crippen molar-refractivity contribution in [1.29, 1.82) is 0 Å². The molecule has 0 amide bonds. The van der Waals surface area contributed by atoms with E-state index in [9.17, 15) is 28.5 Å². The lowest BCUT2D eigenvalue weighted by Crippen LogP contribution is -2.47. The van der Waals surface area contributed by atoms with E-state index in [0.717, 1.165) is 29.6 Å². The summed E-state index contributed by atoms with van der Waals surface area (Å²) in [5.74, 6) is 0.171. The monoisotopic (exact) mass is 326 g/mol. The van der Waals surface area contributed by atoms with Crippen LogP contribution in [0.4, 0.5) is 13.2 Å². The number of halogens is 3. The van der Waals surface area contributed by atoms with E-state index in [2.05, 4.69) is 0 Å². The highest BCUT2D eigenvalue weighted by Gasteiger charge is 2.39. The molecule has 2 rings (SSSR count). The second-order valence-electron chi connectivity index (χ2n) is 4.36. The summed E-state index contributed by atoms with van der Waals surface area (Å²) in [7, 11) is 0. The lowest BCUT2D eigenvalue weighted by molar-refractivity contribution is -0.139. The fraction of sp³-hybridized carbons (Fsp3) is 0.500. The maximum atomic E-state index is 12.9. The van der Waals surface area contributed by atoms with Gasteiger partial charge in [0.25, 0.3) is 0 Å². The molecule has 1 fully saturated rings. The summed E-state index contributed by atoms with van der Waals surface area (Å²) in [6, 6.07) is 5.10. The predicted molar refractivity (Wildman–Crippen MR) is 71.6 cm³/mol. The van der Waals surface area contributed by atoms with Gasteiger partial charge in [-0.25, -0.2) is 0 Å². The van der Waals surface area contributed by atoms with Crippen molar-refractivity contribution < 1.29 is 28.5 Å². The van der Waals surface area contributed by atoms with E-state index >= 15 is 0 Å². The van der Waals surface area contributed by atoms with Crippen LogP contribution in [-0.2, 0) is 6.18 Å². The van der Waals surface area contributed by atoms with Crippen LogP contribution in [0.1, 0.15) is 5.56 Å². The smallest absolute Gasteiger partial charge is 0.389 e. The van der Waals surface area contributed by atoms with Crippen LogP contribution in [0.5, 0.6) is 0 Å². The third-order valence-electron chi connectivity index (χ3n) is 2.89. The van der Waals surface area contributed by atoms with Gasteiger partial charge >= 0.3 is 6.18 Å². The summed E-state index contributed by atoms with van der Waals surface area (Å²) in [5, 5.41) is 28.8. The normalized spacial score (nSPS) is 31.3. The molecule has 1 aromatic rings. The minimum atomic E-state index is -4.47. The van der Waals surface area contributed by atoms with Crippen molar-refractivity contribution in [3.05, 3.63) is 29.8 Å². The fourth-order valence-corrected chi connectivity index (χ4v) is 4.59. The molecular weight excluding hydrogens is 313 g/mol. The van der Waals surface area contributed by atoms with Gasteiger partial charge in [-0.15, -0.1) is 23.5 Å². The molecular formula is C12H13F3O3S2. The molecule has 1 aliphatic heterocycles. The number of hydrogen-bond acceptors (Lipinski definition) is 5. The molecule has 1 saturated heterocycles. The number of aliphatic hydroxyl groups is 3.